The summed E-state index contributed by atoms with van der Waals surface area (Å²) in [6, 6.07) is 3.32. The van der Waals surface area contributed by atoms with Crippen LogP contribution < -0.4 is 5.32 Å². The van der Waals surface area contributed by atoms with E-state index in [4.69, 9.17) is 16.7 Å². The first-order valence-corrected chi connectivity index (χ1v) is 6.72. The van der Waals surface area contributed by atoms with E-state index in [2.05, 4.69) is 10.3 Å². The van der Waals surface area contributed by atoms with Gasteiger partial charge in [0.1, 0.15) is 4.88 Å². The van der Waals surface area contributed by atoms with Crippen molar-refractivity contribution in [3.8, 4) is 0 Å². The van der Waals surface area contributed by atoms with Crippen LogP contribution in [0.5, 0.6) is 0 Å². The fourth-order valence-corrected chi connectivity index (χ4v) is 2.64. The molecule has 2 N–H and O–H groups in total. The minimum Gasteiger partial charge on any atom is -0.477 e. The molecule has 0 aliphatic heterocycles. The Labute approximate surface area is 126 Å². The highest BCUT2D eigenvalue weighted by Gasteiger charge is 2.33. The Morgan fingerprint density at radius 1 is 1.43 bits per heavy atom. The molecule has 0 bridgehead atoms. The van der Waals surface area contributed by atoms with Gasteiger partial charge in [-0.3, -0.25) is 0 Å². The van der Waals surface area contributed by atoms with Gasteiger partial charge in [-0.05, 0) is 25.1 Å². The Bertz CT molecular complexity index is 700. The van der Waals surface area contributed by atoms with Crippen molar-refractivity contribution < 1.29 is 23.1 Å². The molecule has 4 nitrogen and oxygen atoms in total. The van der Waals surface area contributed by atoms with Gasteiger partial charge in [0.15, 0.2) is 5.13 Å². The first-order valence-electron chi connectivity index (χ1n) is 5.53. The Kier molecular flexibility index (Phi) is 4.11. The average molecular weight is 337 g/mol. The first-order chi connectivity index (χ1) is 9.68. The van der Waals surface area contributed by atoms with Crippen molar-refractivity contribution in [1.29, 1.82) is 0 Å². The van der Waals surface area contributed by atoms with E-state index < -0.39 is 22.7 Å². The molecule has 112 valence electrons. The minimum absolute atomic E-state index is 0.0301. The third kappa shape index (κ3) is 3.45. The summed E-state index contributed by atoms with van der Waals surface area (Å²) >= 11 is 6.36. The largest absolute Gasteiger partial charge is 0.477 e. The SMILES string of the molecule is Cc1nc(Nc2ccc(Cl)c(C(F)(F)F)c2)sc1C(=O)O. The van der Waals surface area contributed by atoms with Gasteiger partial charge in [0.2, 0.25) is 0 Å². The molecule has 1 aromatic carbocycles. The number of halogens is 4. The molecule has 0 atom stereocenters. The number of benzene rings is 1. The second-order valence-electron chi connectivity index (χ2n) is 4.06. The molecular weight excluding hydrogens is 329 g/mol. The lowest BCUT2D eigenvalue weighted by Gasteiger charge is -2.11. The van der Waals surface area contributed by atoms with Crippen LogP contribution in [0.2, 0.25) is 5.02 Å². The van der Waals surface area contributed by atoms with E-state index in [0.29, 0.717) is 5.69 Å². The van der Waals surface area contributed by atoms with Gasteiger partial charge >= 0.3 is 12.1 Å². The maximum atomic E-state index is 12.7. The second-order valence-corrected chi connectivity index (χ2v) is 5.46. The van der Waals surface area contributed by atoms with E-state index in [1.807, 2.05) is 0 Å². The summed E-state index contributed by atoms with van der Waals surface area (Å²) in [5.74, 6) is -1.13. The number of carboxylic acid groups (broad SMARTS) is 1. The minimum atomic E-state index is -4.57. The fraction of sp³-hybridized carbons (Fsp3) is 0.167. The van der Waals surface area contributed by atoms with Crippen LogP contribution >= 0.6 is 22.9 Å². The van der Waals surface area contributed by atoms with E-state index in [1.54, 1.807) is 0 Å². The zero-order valence-electron chi connectivity index (χ0n) is 10.5. The van der Waals surface area contributed by atoms with Gasteiger partial charge in [0.25, 0.3) is 0 Å². The van der Waals surface area contributed by atoms with Crippen molar-refractivity contribution in [2.75, 3.05) is 5.32 Å². The number of carboxylic acids is 1. The lowest BCUT2D eigenvalue weighted by molar-refractivity contribution is -0.137. The van der Waals surface area contributed by atoms with Gasteiger partial charge in [-0.2, -0.15) is 13.2 Å². The summed E-state index contributed by atoms with van der Waals surface area (Å²) in [6.45, 7) is 1.51. The number of anilines is 2. The van der Waals surface area contributed by atoms with Crippen LogP contribution in [0.4, 0.5) is 24.0 Å². The number of alkyl halides is 3. The van der Waals surface area contributed by atoms with Crippen LogP contribution in [-0.2, 0) is 6.18 Å². The molecule has 0 aliphatic rings. The highest BCUT2D eigenvalue weighted by Crippen LogP contribution is 2.37. The topological polar surface area (TPSA) is 62.2 Å². The number of carbonyl (C=O) groups is 1. The molecule has 9 heteroatoms. The number of nitrogens with zero attached hydrogens (tertiary/aromatic N) is 1. The molecule has 0 saturated heterocycles. The molecule has 0 radical (unpaired) electrons. The van der Waals surface area contributed by atoms with Crippen molar-refractivity contribution in [2.45, 2.75) is 13.1 Å². The third-order valence-electron chi connectivity index (χ3n) is 2.51. The number of aromatic nitrogens is 1. The van der Waals surface area contributed by atoms with Gasteiger partial charge in [-0.25, -0.2) is 9.78 Å². The number of rotatable bonds is 3. The molecular formula is C12H8ClF3N2O2S. The summed E-state index contributed by atoms with van der Waals surface area (Å²) in [6.07, 6.45) is -4.57. The van der Waals surface area contributed by atoms with E-state index in [1.165, 1.54) is 13.0 Å². The normalized spacial score (nSPS) is 11.5. The summed E-state index contributed by atoms with van der Waals surface area (Å²) in [7, 11) is 0. The van der Waals surface area contributed by atoms with Crippen LogP contribution in [0.25, 0.3) is 0 Å². The molecule has 21 heavy (non-hydrogen) atoms. The molecule has 0 aliphatic carbocycles. The Hall–Kier alpha value is -1.80. The fourth-order valence-electron chi connectivity index (χ4n) is 1.59. The van der Waals surface area contributed by atoms with Gasteiger partial charge in [0, 0.05) is 5.69 Å². The van der Waals surface area contributed by atoms with Crippen LogP contribution in [0, 0.1) is 6.92 Å². The number of aromatic carboxylic acids is 1. The van der Waals surface area contributed by atoms with Crippen molar-refractivity contribution in [3.05, 3.63) is 39.4 Å². The molecule has 1 aromatic heterocycles. The molecule has 0 spiro atoms. The molecule has 2 aromatic rings. The number of aryl methyl sites for hydroxylation is 1. The Balaban J connectivity index is 2.32. The number of hydrogen-bond donors (Lipinski definition) is 2. The predicted molar refractivity (Wildman–Crippen MR) is 73.5 cm³/mol. The molecule has 0 unspecified atom stereocenters. The molecule has 0 amide bonds. The van der Waals surface area contributed by atoms with E-state index in [0.717, 1.165) is 23.5 Å². The summed E-state index contributed by atoms with van der Waals surface area (Å²) in [5, 5.41) is 11.3. The van der Waals surface area contributed by atoms with E-state index in [-0.39, 0.29) is 15.7 Å². The van der Waals surface area contributed by atoms with Crippen LogP contribution in [0.15, 0.2) is 18.2 Å². The van der Waals surface area contributed by atoms with Crippen LogP contribution in [0.3, 0.4) is 0 Å². The Morgan fingerprint density at radius 3 is 2.62 bits per heavy atom. The quantitative estimate of drug-likeness (QED) is 0.862. The molecule has 0 saturated carbocycles. The lowest BCUT2D eigenvalue weighted by Crippen LogP contribution is -2.06. The van der Waals surface area contributed by atoms with Crippen LogP contribution in [0.1, 0.15) is 20.9 Å². The molecule has 2 rings (SSSR count). The monoisotopic (exact) mass is 336 g/mol. The van der Waals surface area contributed by atoms with Gasteiger partial charge in [-0.1, -0.05) is 22.9 Å². The average Bonchev–Trinajstić information content (AvgIpc) is 2.71. The van der Waals surface area contributed by atoms with Gasteiger partial charge in [-0.15, -0.1) is 0 Å². The summed E-state index contributed by atoms with van der Waals surface area (Å²) in [5.41, 5.74) is -0.557. The number of nitrogens with one attached hydrogen (secondary N) is 1. The maximum Gasteiger partial charge on any atom is 0.417 e. The lowest BCUT2D eigenvalue weighted by atomic mass is 10.2. The Morgan fingerprint density at radius 2 is 2.10 bits per heavy atom. The zero-order chi connectivity index (χ0) is 15.8. The first kappa shape index (κ1) is 15.6. The van der Waals surface area contributed by atoms with Crippen molar-refractivity contribution >= 4 is 39.7 Å². The van der Waals surface area contributed by atoms with Gasteiger partial charge in [0.05, 0.1) is 16.3 Å². The highest BCUT2D eigenvalue weighted by atomic mass is 35.5. The van der Waals surface area contributed by atoms with E-state index in [9.17, 15) is 18.0 Å². The zero-order valence-corrected chi connectivity index (χ0v) is 12.0. The highest BCUT2D eigenvalue weighted by molar-refractivity contribution is 7.17. The second kappa shape index (κ2) is 5.53. The smallest absolute Gasteiger partial charge is 0.417 e. The van der Waals surface area contributed by atoms with Crippen molar-refractivity contribution in [2.24, 2.45) is 0 Å². The molecule has 0 fully saturated rings. The molecule has 1 heterocycles. The van der Waals surface area contributed by atoms with Crippen molar-refractivity contribution in [3.63, 3.8) is 0 Å². The third-order valence-corrected chi connectivity index (χ3v) is 3.90. The van der Waals surface area contributed by atoms with Crippen LogP contribution in [-0.4, -0.2) is 16.1 Å². The standard InChI is InChI=1S/C12H8ClF3N2O2S/c1-5-9(10(19)20)21-11(17-5)18-6-2-3-8(13)7(4-6)12(14,15)16/h2-4H,1H3,(H,17,18)(H,19,20). The number of thiazole rings is 1. The number of hydrogen-bond acceptors (Lipinski definition) is 4. The summed E-state index contributed by atoms with van der Waals surface area (Å²) < 4.78 is 38.2. The van der Waals surface area contributed by atoms with Gasteiger partial charge < -0.3 is 10.4 Å². The summed E-state index contributed by atoms with van der Waals surface area (Å²) in [4.78, 5) is 14.9. The van der Waals surface area contributed by atoms with E-state index >= 15 is 0 Å². The predicted octanol–water partition coefficient (Wildman–Crippen LogP) is 4.57. The maximum absolute atomic E-state index is 12.7. The van der Waals surface area contributed by atoms with Crippen molar-refractivity contribution in [1.82, 2.24) is 4.98 Å².